The summed E-state index contributed by atoms with van der Waals surface area (Å²) in [5.41, 5.74) is -0.649. The third-order valence-electron chi connectivity index (χ3n) is 4.08. The maximum atomic E-state index is 12.4. The van der Waals surface area contributed by atoms with Gasteiger partial charge in [0.2, 0.25) is 5.91 Å². The first-order chi connectivity index (χ1) is 10.4. The van der Waals surface area contributed by atoms with Gasteiger partial charge in [-0.15, -0.1) is 0 Å². The van der Waals surface area contributed by atoms with Crippen molar-refractivity contribution in [2.45, 2.75) is 53.2 Å². The van der Waals surface area contributed by atoms with Crippen molar-refractivity contribution in [3.05, 3.63) is 0 Å². The van der Waals surface area contributed by atoms with Crippen molar-refractivity contribution in [1.29, 1.82) is 0 Å². The number of hydrogen-bond acceptors (Lipinski definition) is 4. The monoisotopic (exact) mass is 328 g/mol. The van der Waals surface area contributed by atoms with E-state index in [1.165, 1.54) is 9.80 Å². The average Bonchev–Trinajstić information content (AvgIpc) is 2.37. The van der Waals surface area contributed by atoms with Crippen LogP contribution in [0.1, 0.15) is 41.5 Å². The molecule has 1 fully saturated rings. The van der Waals surface area contributed by atoms with Gasteiger partial charge in [-0.3, -0.25) is 14.5 Å². The topological polar surface area (TPSA) is 87.2 Å². The Labute approximate surface area is 137 Å². The molecule has 1 N–H and O–H groups in total. The molecule has 0 bridgehead atoms. The number of hydrogen-bond donors (Lipinski definition) is 1. The van der Waals surface area contributed by atoms with Crippen molar-refractivity contribution >= 4 is 18.0 Å². The van der Waals surface area contributed by atoms with Crippen LogP contribution >= 0.6 is 0 Å². The molecule has 7 nitrogen and oxygen atoms in total. The van der Waals surface area contributed by atoms with Crippen LogP contribution in [-0.2, 0) is 14.3 Å². The highest BCUT2D eigenvalue weighted by Crippen LogP contribution is 2.25. The summed E-state index contributed by atoms with van der Waals surface area (Å²) in [7, 11) is 0. The van der Waals surface area contributed by atoms with E-state index in [1.54, 1.807) is 20.8 Å². The standard InChI is InChI=1S/C16H28N2O5/c1-10(2)11(3)12-7-17(9-14(20)21)13(19)8-18(12)15(22)23-16(4,5)6/h10-12H,7-9H2,1-6H3,(H,20,21). The average molecular weight is 328 g/mol. The molecular formula is C16H28N2O5. The maximum absolute atomic E-state index is 12.4. The summed E-state index contributed by atoms with van der Waals surface area (Å²) in [6.45, 7) is 11.1. The first kappa shape index (κ1) is 19.3. The zero-order valence-electron chi connectivity index (χ0n) is 14.8. The van der Waals surface area contributed by atoms with E-state index >= 15 is 0 Å². The van der Waals surface area contributed by atoms with Gasteiger partial charge in [-0.05, 0) is 32.6 Å². The predicted octanol–water partition coefficient (Wildman–Crippen LogP) is 1.81. The number of ether oxygens (including phenoxy) is 1. The lowest BCUT2D eigenvalue weighted by Crippen LogP contribution is -2.61. The molecule has 23 heavy (non-hydrogen) atoms. The second kappa shape index (κ2) is 7.19. The van der Waals surface area contributed by atoms with E-state index in [0.29, 0.717) is 0 Å². The Morgan fingerprint density at radius 2 is 1.87 bits per heavy atom. The predicted molar refractivity (Wildman–Crippen MR) is 84.9 cm³/mol. The summed E-state index contributed by atoms with van der Waals surface area (Å²) in [5.74, 6) is -1.04. The van der Waals surface area contributed by atoms with Crippen molar-refractivity contribution in [3.8, 4) is 0 Å². The highest BCUT2D eigenvalue weighted by atomic mass is 16.6. The first-order valence-corrected chi connectivity index (χ1v) is 7.91. The first-order valence-electron chi connectivity index (χ1n) is 7.91. The van der Waals surface area contributed by atoms with Crippen LogP contribution in [-0.4, -0.2) is 64.2 Å². The second-order valence-corrected chi connectivity index (χ2v) is 7.45. The Morgan fingerprint density at radius 3 is 2.30 bits per heavy atom. The molecule has 1 saturated heterocycles. The van der Waals surface area contributed by atoms with Gasteiger partial charge in [0.05, 0.1) is 6.04 Å². The molecular weight excluding hydrogens is 300 g/mol. The van der Waals surface area contributed by atoms with Gasteiger partial charge < -0.3 is 14.7 Å². The Morgan fingerprint density at radius 1 is 1.30 bits per heavy atom. The Balaban J connectivity index is 3.00. The lowest BCUT2D eigenvalue weighted by molar-refractivity contribution is -0.149. The molecule has 1 rings (SSSR count). The van der Waals surface area contributed by atoms with Gasteiger partial charge >= 0.3 is 12.1 Å². The molecule has 2 unspecified atom stereocenters. The number of piperazine rings is 1. The SMILES string of the molecule is CC(C)C(C)C1CN(CC(=O)O)C(=O)CN1C(=O)OC(C)(C)C. The number of amides is 2. The van der Waals surface area contributed by atoms with Crippen LogP contribution in [0.25, 0.3) is 0 Å². The molecule has 132 valence electrons. The number of nitrogens with zero attached hydrogens (tertiary/aromatic N) is 2. The second-order valence-electron chi connectivity index (χ2n) is 7.45. The van der Waals surface area contributed by atoms with Crippen molar-refractivity contribution in [1.82, 2.24) is 9.80 Å². The summed E-state index contributed by atoms with van der Waals surface area (Å²) in [6, 6.07) is -0.262. The third-order valence-corrected chi connectivity index (χ3v) is 4.08. The lowest BCUT2D eigenvalue weighted by atomic mass is 9.88. The van der Waals surface area contributed by atoms with Gasteiger partial charge in [0.25, 0.3) is 0 Å². The van der Waals surface area contributed by atoms with Crippen molar-refractivity contribution in [2.75, 3.05) is 19.6 Å². The highest BCUT2D eigenvalue weighted by Gasteiger charge is 2.40. The van der Waals surface area contributed by atoms with Crippen LogP contribution in [0.3, 0.4) is 0 Å². The molecule has 0 aromatic rings. The molecule has 2 amide bonds. The van der Waals surface area contributed by atoms with Gasteiger partial charge in [0.1, 0.15) is 18.7 Å². The summed E-state index contributed by atoms with van der Waals surface area (Å²) < 4.78 is 5.40. The van der Waals surface area contributed by atoms with Crippen LogP contribution in [0.4, 0.5) is 4.79 Å². The van der Waals surface area contributed by atoms with E-state index in [0.717, 1.165) is 0 Å². The molecule has 1 heterocycles. The van der Waals surface area contributed by atoms with Crippen LogP contribution in [0.5, 0.6) is 0 Å². The third kappa shape index (κ3) is 5.41. The zero-order chi connectivity index (χ0) is 17.9. The van der Waals surface area contributed by atoms with E-state index in [9.17, 15) is 14.4 Å². The summed E-state index contributed by atoms with van der Waals surface area (Å²) in [6.07, 6.45) is -0.529. The Hall–Kier alpha value is -1.79. The number of carbonyl (C=O) groups is 3. The van der Waals surface area contributed by atoms with Crippen LogP contribution in [0.15, 0.2) is 0 Å². The van der Waals surface area contributed by atoms with Crippen LogP contribution in [0.2, 0.25) is 0 Å². The molecule has 7 heteroatoms. The minimum Gasteiger partial charge on any atom is -0.480 e. The quantitative estimate of drug-likeness (QED) is 0.850. The number of carbonyl (C=O) groups excluding carboxylic acids is 2. The van der Waals surface area contributed by atoms with Gasteiger partial charge in [0.15, 0.2) is 0 Å². The Kier molecular flexibility index (Phi) is 6.02. The minimum absolute atomic E-state index is 0.104. The molecule has 0 radical (unpaired) electrons. The normalized spacial score (nSPS) is 20.7. The summed E-state index contributed by atoms with van der Waals surface area (Å²) in [5, 5.41) is 8.95. The maximum Gasteiger partial charge on any atom is 0.411 e. The molecule has 0 aliphatic carbocycles. The van der Waals surface area contributed by atoms with Crippen LogP contribution < -0.4 is 0 Å². The fraction of sp³-hybridized carbons (Fsp3) is 0.812. The van der Waals surface area contributed by atoms with Crippen LogP contribution in [0, 0.1) is 11.8 Å². The number of aliphatic carboxylic acids is 1. The van der Waals surface area contributed by atoms with E-state index in [-0.39, 0.29) is 43.4 Å². The molecule has 0 saturated carbocycles. The van der Waals surface area contributed by atoms with Crippen molar-refractivity contribution in [2.24, 2.45) is 11.8 Å². The van der Waals surface area contributed by atoms with Gasteiger partial charge in [-0.2, -0.15) is 0 Å². The minimum atomic E-state index is -1.06. The largest absolute Gasteiger partial charge is 0.480 e. The van der Waals surface area contributed by atoms with E-state index < -0.39 is 17.7 Å². The molecule has 0 aromatic heterocycles. The summed E-state index contributed by atoms with van der Waals surface area (Å²) in [4.78, 5) is 38.3. The van der Waals surface area contributed by atoms with Gasteiger partial charge in [-0.25, -0.2) is 4.79 Å². The summed E-state index contributed by atoms with van der Waals surface area (Å²) >= 11 is 0. The lowest BCUT2D eigenvalue weighted by Gasteiger charge is -2.44. The molecule has 0 aromatic carbocycles. The fourth-order valence-electron chi connectivity index (χ4n) is 2.52. The molecule has 1 aliphatic heterocycles. The van der Waals surface area contributed by atoms with Crippen molar-refractivity contribution in [3.63, 3.8) is 0 Å². The van der Waals surface area contributed by atoms with E-state index in [1.807, 2.05) is 20.8 Å². The molecule has 1 aliphatic rings. The van der Waals surface area contributed by atoms with E-state index in [2.05, 4.69) is 0 Å². The number of carboxylic acids is 1. The fourth-order valence-corrected chi connectivity index (χ4v) is 2.52. The zero-order valence-corrected chi connectivity index (χ0v) is 14.8. The van der Waals surface area contributed by atoms with Gasteiger partial charge in [0, 0.05) is 6.54 Å². The molecule has 0 spiro atoms. The molecule has 2 atom stereocenters. The number of rotatable bonds is 4. The number of carboxylic acid groups (broad SMARTS) is 1. The van der Waals surface area contributed by atoms with Gasteiger partial charge in [-0.1, -0.05) is 20.8 Å². The smallest absolute Gasteiger partial charge is 0.411 e. The van der Waals surface area contributed by atoms with E-state index in [4.69, 9.17) is 9.84 Å². The Bertz CT molecular complexity index is 470. The van der Waals surface area contributed by atoms with Crippen molar-refractivity contribution < 1.29 is 24.2 Å². The highest BCUT2D eigenvalue weighted by molar-refractivity contribution is 5.86.